The molecular weight excluding hydrogens is 226 g/mol. The van der Waals surface area contributed by atoms with Gasteiger partial charge in [0.2, 0.25) is 0 Å². The summed E-state index contributed by atoms with van der Waals surface area (Å²) in [6.07, 6.45) is 2.14. The zero-order chi connectivity index (χ0) is 10.7. The second-order valence-corrected chi connectivity index (χ2v) is 3.51. The highest BCUT2D eigenvalue weighted by Crippen LogP contribution is 2.32. The maximum absolute atomic E-state index is 13.0. The average molecular weight is 235 g/mol. The van der Waals surface area contributed by atoms with E-state index >= 15 is 0 Å². The number of halogens is 3. The molecular formula is C10H9Cl2FO. The molecule has 1 atom stereocenters. The van der Waals surface area contributed by atoms with Crippen molar-refractivity contribution in [3.63, 3.8) is 0 Å². The number of rotatable bonds is 2. The largest absolute Gasteiger partial charge is 0.384 e. The van der Waals surface area contributed by atoms with Crippen LogP contribution in [0.15, 0.2) is 24.3 Å². The van der Waals surface area contributed by atoms with Gasteiger partial charge in [0.05, 0.1) is 5.02 Å². The van der Waals surface area contributed by atoms with Crippen molar-refractivity contribution >= 4 is 23.2 Å². The first-order chi connectivity index (χ1) is 6.57. The summed E-state index contributed by atoms with van der Waals surface area (Å²) < 4.78 is 13.0. The van der Waals surface area contributed by atoms with Gasteiger partial charge in [-0.2, -0.15) is 0 Å². The molecule has 1 rings (SSSR count). The molecule has 0 spiro atoms. The van der Waals surface area contributed by atoms with Crippen LogP contribution in [0.3, 0.4) is 0 Å². The lowest BCUT2D eigenvalue weighted by Gasteiger charge is -2.10. The van der Waals surface area contributed by atoms with Crippen LogP contribution in [0.2, 0.25) is 10.0 Å². The molecule has 0 fully saturated rings. The van der Waals surface area contributed by atoms with Crippen molar-refractivity contribution in [2.24, 2.45) is 0 Å². The number of allylic oxidation sites excluding steroid dienone is 1. The lowest BCUT2D eigenvalue weighted by molar-refractivity contribution is 0.228. The molecule has 1 nitrogen and oxygen atoms in total. The Hall–Kier alpha value is -0.570. The van der Waals surface area contributed by atoms with Crippen molar-refractivity contribution in [1.29, 1.82) is 0 Å². The third-order valence-electron chi connectivity index (χ3n) is 1.75. The summed E-state index contributed by atoms with van der Waals surface area (Å²) in [5.74, 6) is -0.588. The van der Waals surface area contributed by atoms with Gasteiger partial charge in [0, 0.05) is 10.6 Å². The van der Waals surface area contributed by atoms with Crippen LogP contribution in [0.25, 0.3) is 0 Å². The van der Waals surface area contributed by atoms with E-state index in [0.29, 0.717) is 0 Å². The number of aliphatic hydroxyl groups is 1. The number of aliphatic hydroxyl groups excluding tert-OH is 1. The third kappa shape index (κ3) is 2.27. The Morgan fingerprint density at radius 1 is 1.43 bits per heavy atom. The molecule has 0 aliphatic carbocycles. The lowest BCUT2D eigenvalue weighted by atomic mass is 10.1. The summed E-state index contributed by atoms with van der Waals surface area (Å²) in [5.41, 5.74) is 0.200. The van der Waals surface area contributed by atoms with Crippen molar-refractivity contribution < 1.29 is 9.50 Å². The van der Waals surface area contributed by atoms with Crippen molar-refractivity contribution in [3.05, 3.63) is 45.7 Å². The number of hydrogen-bond donors (Lipinski definition) is 1. The Kier molecular flexibility index (Phi) is 3.93. The Bertz CT molecular complexity index is 363. The van der Waals surface area contributed by atoms with E-state index in [1.807, 2.05) is 0 Å². The van der Waals surface area contributed by atoms with Gasteiger partial charge in [-0.1, -0.05) is 35.4 Å². The minimum Gasteiger partial charge on any atom is -0.384 e. The van der Waals surface area contributed by atoms with Gasteiger partial charge in [-0.25, -0.2) is 4.39 Å². The van der Waals surface area contributed by atoms with Gasteiger partial charge in [0.25, 0.3) is 0 Å². The first-order valence-electron chi connectivity index (χ1n) is 4.02. The maximum atomic E-state index is 13.0. The topological polar surface area (TPSA) is 20.2 Å². The molecule has 0 radical (unpaired) electrons. The molecule has 0 saturated heterocycles. The Balaban J connectivity index is 3.24. The summed E-state index contributed by atoms with van der Waals surface area (Å²) in [5, 5.41) is 9.70. The zero-order valence-electron chi connectivity index (χ0n) is 7.47. The standard InChI is InChI=1S/C10H9Cl2FO/c1-2-3-8(14)9-6(11)4-5-7(13)10(9)12/h2-5,8,14H,1H3/b3-2+. The molecule has 1 aromatic carbocycles. The molecule has 1 unspecified atom stereocenters. The first kappa shape index (κ1) is 11.5. The zero-order valence-corrected chi connectivity index (χ0v) is 8.98. The molecule has 4 heteroatoms. The number of hydrogen-bond acceptors (Lipinski definition) is 1. The highest BCUT2D eigenvalue weighted by Gasteiger charge is 2.15. The molecule has 0 aromatic heterocycles. The van der Waals surface area contributed by atoms with Crippen LogP contribution in [-0.4, -0.2) is 5.11 Å². The van der Waals surface area contributed by atoms with Gasteiger partial charge in [0.15, 0.2) is 0 Å². The summed E-state index contributed by atoms with van der Waals surface area (Å²) in [4.78, 5) is 0. The molecule has 76 valence electrons. The van der Waals surface area contributed by atoms with E-state index in [4.69, 9.17) is 23.2 Å². The van der Waals surface area contributed by atoms with E-state index in [0.717, 1.165) is 6.07 Å². The van der Waals surface area contributed by atoms with E-state index in [9.17, 15) is 9.50 Å². The average Bonchev–Trinajstić information content (AvgIpc) is 2.13. The van der Waals surface area contributed by atoms with Crippen molar-refractivity contribution in [3.8, 4) is 0 Å². The summed E-state index contributed by atoms with van der Waals surface area (Å²) in [6, 6.07) is 2.53. The Morgan fingerprint density at radius 2 is 2.07 bits per heavy atom. The van der Waals surface area contributed by atoms with Crippen molar-refractivity contribution in [2.75, 3.05) is 0 Å². The smallest absolute Gasteiger partial charge is 0.142 e. The van der Waals surface area contributed by atoms with Gasteiger partial charge in [-0.3, -0.25) is 0 Å². The molecule has 0 saturated carbocycles. The molecule has 0 heterocycles. The Labute approximate surface area is 91.8 Å². The van der Waals surface area contributed by atoms with Gasteiger partial charge in [0.1, 0.15) is 11.9 Å². The van der Waals surface area contributed by atoms with Gasteiger partial charge < -0.3 is 5.11 Å². The highest BCUT2D eigenvalue weighted by molar-refractivity contribution is 6.36. The lowest BCUT2D eigenvalue weighted by Crippen LogP contribution is -1.97. The summed E-state index contributed by atoms with van der Waals surface area (Å²) >= 11 is 11.5. The second-order valence-electron chi connectivity index (χ2n) is 2.73. The SMILES string of the molecule is C/C=C/C(O)c1c(Cl)ccc(F)c1Cl. The van der Waals surface area contributed by atoms with Crippen LogP contribution in [0.4, 0.5) is 4.39 Å². The predicted molar refractivity (Wildman–Crippen MR) is 56.2 cm³/mol. The minimum absolute atomic E-state index is 0.136. The van der Waals surface area contributed by atoms with Crippen LogP contribution in [0.5, 0.6) is 0 Å². The van der Waals surface area contributed by atoms with Crippen LogP contribution in [-0.2, 0) is 0 Å². The minimum atomic E-state index is -0.976. The quantitative estimate of drug-likeness (QED) is 0.611. The van der Waals surface area contributed by atoms with E-state index in [2.05, 4.69) is 0 Å². The fourth-order valence-electron chi connectivity index (χ4n) is 1.09. The van der Waals surface area contributed by atoms with Crippen molar-refractivity contribution in [2.45, 2.75) is 13.0 Å². The predicted octanol–water partition coefficient (Wildman–Crippen LogP) is 3.74. The molecule has 0 aliphatic rings. The molecule has 1 N–H and O–H groups in total. The van der Waals surface area contributed by atoms with Crippen molar-refractivity contribution in [1.82, 2.24) is 0 Å². The fourth-order valence-corrected chi connectivity index (χ4v) is 1.69. The van der Waals surface area contributed by atoms with Crippen LogP contribution in [0, 0.1) is 5.82 Å². The molecule has 1 aromatic rings. The third-order valence-corrected chi connectivity index (χ3v) is 2.46. The molecule has 0 amide bonds. The van der Waals surface area contributed by atoms with E-state index in [-0.39, 0.29) is 15.6 Å². The summed E-state index contributed by atoms with van der Waals surface area (Å²) in [6.45, 7) is 1.74. The number of benzene rings is 1. The van der Waals surface area contributed by atoms with Crippen LogP contribution >= 0.6 is 23.2 Å². The van der Waals surface area contributed by atoms with Gasteiger partial charge >= 0.3 is 0 Å². The normalized spacial score (nSPS) is 13.5. The monoisotopic (exact) mass is 234 g/mol. The molecule has 14 heavy (non-hydrogen) atoms. The Morgan fingerprint density at radius 3 is 2.64 bits per heavy atom. The fraction of sp³-hybridized carbons (Fsp3) is 0.200. The van der Waals surface area contributed by atoms with E-state index in [1.165, 1.54) is 12.1 Å². The van der Waals surface area contributed by atoms with Gasteiger partial charge in [-0.05, 0) is 19.1 Å². The van der Waals surface area contributed by atoms with E-state index < -0.39 is 11.9 Å². The second kappa shape index (κ2) is 4.78. The summed E-state index contributed by atoms with van der Waals surface area (Å²) in [7, 11) is 0. The van der Waals surface area contributed by atoms with Gasteiger partial charge in [-0.15, -0.1) is 0 Å². The van der Waals surface area contributed by atoms with Crippen LogP contribution in [0.1, 0.15) is 18.6 Å². The first-order valence-corrected chi connectivity index (χ1v) is 4.77. The maximum Gasteiger partial charge on any atom is 0.142 e. The highest BCUT2D eigenvalue weighted by atomic mass is 35.5. The van der Waals surface area contributed by atoms with E-state index in [1.54, 1.807) is 13.0 Å². The molecule has 0 aliphatic heterocycles. The van der Waals surface area contributed by atoms with Crippen LogP contribution < -0.4 is 0 Å². The molecule has 0 bridgehead atoms.